The van der Waals surface area contributed by atoms with Crippen LogP contribution in [-0.2, 0) is 4.12 Å². The maximum absolute atomic E-state index is 5.98. The molecule has 1 radical (unpaired) electrons. The van der Waals surface area contributed by atoms with Crippen LogP contribution in [0.5, 0.6) is 0 Å². The van der Waals surface area contributed by atoms with Gasteiger partial charge < -0.3 is 4.12 Å². The molecule has 61 valence electrons. The van der Waals surface area contributed by atoms with Crippen molar-refractivity contribution in [2.75, 3.05) is 0 Å². The second kappa shape index (κ2) is 4.31. The quantitative estimate of drug-likeness (QED) is 0.597. The van der Waals surface area contributed by atoms with E-state index in [0.717, 1.165) is 0 Å². The molecule has 0 aliphatic heterocycles. The lowest BCUT2D eigenvalue weighted by molar-refractivity contribution is 0.568. The zero-order chi connectivity index (χ0) is 8.20. The highest BCUT2D eigenvalue weighted by Crippen LogP contribution is 2.09. The number of hydrogen-bond acceptors (Lipinski definition) is 1. The summed E-state index contributed by atoms with van der Waals surface area (Å²) in [6.07, 6.45) is 0. The molecule has 0 amide bonds. The Labute approximate surface area is 67.6 Å². The lowest BCUT2D eigenvalue weighted by atomic mass is 11.0. The van der Waals surface area contributed by atoms with E-state index in [1.807, 2.05) is 0 Å². The number of rotatable bonds is 4. The number of hydrogen-bond donors (Lipinski definition) is 0. The van der Waals surface area contributed by atoms with E-state index in [-0.39, 0.29) is 0 Å². The molecule has 0 aliphatic carbocycles. The minimum Gasteiger partial charge on any atom is -0.456 e. The summed E-state index contributed by atoms with van der Waals surface area (Å²) in [5.74, 6) is 0. The zero-order valence-corrected chi connectivity index (χ0v) is 9.82. The first-order valence-corrected chi connectivity index (χ1v) is 9.26. The summed E-state index contributed by atoms with van der Waals surface area (Å²) < 4.78 is 5.98. The van der Waals surface area contributed by atoms with Crippen LogP contribution in [0.3, 0.4) is 0 Å². The fourth-order valence-corrected chi connectivity index (χ4v) is 5.95. The zero-order valence-electron chi connectivity index (χ0n) is 7.82. The fraction of sp³-hybridized carbons (Fsp3) is 1.00. The van der Waals surface area contributed by atoms with Crippen LogP contribution in [-0.4, -0.2) is 17.4 Å². The Kier molecular flexibility index (Phi) is 4.48. The van der Waals surface area contributed by atoms with Crippen molar-refractivity contribution < 1.29 is 4.12 Å². The summed E-state index contributed by atoms with van der Waals surface area (Å²) in [6.45, 7) is 11.3. The van der Waals surface area contributed by atoms with Gasteiger partial charge in [-0.25, -0.2) is 0 Å². The van der Waals surface area contributed by atoms with Crippen molar-refractivity contribution in [2.24, 2.45) is 0 Å². The second-order valence-electron chi connectivity index (χ2n) is 3.46. The van der Waals surface area contributed by atoms with Crippen LogP contribution in [0.15, 0.2) is 0 Å². The van der Waals surface area contributed by atoms with Crippen molar-refractivity contribution in [1.82, 2.24) is 0 Å². The first kappa shape index (κ1) is 10.4. The largest absolute Gasteiger partial charge is 0.456 e. The van der Waals surface area contributed by atoms with E-state index >= 15 is 0 Å². The lowest BCUT2D eigenvalue weighted by Gasteiger charge is -2.23. The summed E-state index contributed by atoms with van der Waals surface area (Å²) in [7, 11) is -1.64. The molecule has 0 atom stereocenters. The van der Waals surface area contributed by atoms with Crippen LogP contribution in [0.25, 0.3) is 0 Å². The third-order valence-electron chi connectivity index (χ3n) is 1.24. The molecule has 0 aliphatic rings. The van der Waals surface area contributed by atoms with Gasteiger partial charge in [-0.05, 0) is 31.7 Å². The summed E-state index contributed by atoms with van der Waals surface area (Å²) in [6, 6.07) is 2.51. The highest BCUT2D eigenvalue weighted by molar-refractivity contribution is 6.77. The van der Waals surface area contributed by atoms with Gasteiger partial charge in [0, 0.05) is 0 Å². The van der Waals surface area contributed by atoms with E-state index in [1.54, 1.807) is 0 Å². The Hall–Kier alpha value is 0.394. The van der Waals surface area contributed by atoms with Crippen LogP contribution in [0.1, 0.15) is 13.8 Å². The van der Waals surface area contributed by atoms with Crippen LogP contribution in [0, 0.1) is 0 Å². The first-order chi connectivity index (χ1) is 4.49. The monoisotopic (exact) mass is 175 g/mol. The summed E-state index contributed by atoms with van der Waals surface area (Å²) in [5.41, 5.74) is 0. The first-order valence-electron chi connectivity index (χ1n) is 4.03. The molecule has 0 saturated heterocycles. The van der Waals surface area contributed by atoms with E-state index in [0.29, 0.717) is 0 Å². The molecule has 0 saturated carbocycles. The van der Waals surface area contributed by atoms with Gasteiger partial charge in [-0.1, -0.05) is 13.8 Å². The smallest absolute Gasteiger partial charge is 0.197 e. The molecule has 0 bridgehead atoms. The van der Waals surface area contributed by atoms with Gasteiger partial charge in [0.2, 0.25) is 0 Å². The molecule has 10 heavy (non-hydrogen) atoms. The van der Waals surface area contributed by atoms with E-state index in [2.05, 4.69) is 33.5 Å². The van der Waals surface area contributed by atoms with Crippen LogP contribution < -0.4 is 0 Å². The Morgan fingerprint density at radius 1 is 1.10 bits per heavy atom. The summed E-state index contributed by atoms with van der Waals surface area (Å²) in [4.78, 5) is 0. The van der Waals surface area contributed by atoms with E-state index < -0.39 is 17.4 Å². The van der Waals surface area contributed by atoms with Crippen molar-refractivity contribution >= 4 is 17.4 Å². The average Bonchev–Trinajstić information content (AvgIpc) is 1.81. The lowest BCUT2D eigenvalue weighted by Crippen LogP contribution is -2.33. The van der Waals surface area contributed by atoms with Gasteiger partial charge in [0.05, 0.1) is 0 Å². The SMILES string of the molecule is CC[Si](CC)O[Si](C)(C)C. The normalized spacial score (nSPS) is 12.6. The van der Waals surface area contributed by atoms with Crippen molar-refractivity contribution in [3.63, 3.8) is 0 Å². The molecule has 0 aromatic heterocycles. The van der Waals surface area contributed by atoms with Gasteiger partial charge in [-0.2, -0.15) is 0 Å². The molecule has 1 nitrogen and oxygen atoms in total. The third-order valence-corrected chi connectivity index (χ3v) is 6.42. The molecule has 0 fully saturated rings. The van der Waals surface area contributed by atoms with Gasteiger partial charge in [-0.3, -0.25) is 0 Å². The molecule has 0 unspecified atom stereocenters. The highest BCUT2D eigenvalue weighted by atomic mass is 28.4. The van der Waals surface area contributed by atoms with E-state index in [1.165, 1.54) is 12.1 Å². The van der Waals surface area contributed by atoms with Crippen LogP contribution >= 0.6 is 0 Å². The standard InChI is InChI=1S/C7H19OSi2/c1-6-9(7-2)8-10(3,4)5/h6-7H2,1-5H3. The van der Waals surface area contributed by atoms with Gasteiger partial charge in [0.25, 0.3) is 0 Å². The maximum atomic E-state index is 5.98. The average molecular weight is 175 g/mol. The third kappa shape index (κ3) is 5.20. The Balaban J connectivity index is 3.63. The summed E-state index contributed by atoms with van der Waals surface area (Å²) >= 11 is 0. The predicted octanol–water partition coefficient (Wildman–Crippen LogP) is 2.87. The van der Waals surface area contributed by atoms with Gasteiger partial charge in [0.1, 0.15) is 0 Å². The Bertz CT molecular complexity index is 84.1. The van der Waals surface area contributed by atoms with Crippen LogP contribution in [0.4, 0.5) is 0 Å². The van der Waals surface area contributed by atoms with E-state index in [4.69, 9.17) is 4.12 Å². The van der Waals surface area contributed by atoms with Gasteiger partial charge in [0.15, 0.2) is 17.4 Å². The maximum Gasteiger partial charge on any atom is 0.197 e. The van der Waals surface area contributed by atoms with Crippen molar-refractivity contribution in [3.05, 3.63) is 0 Å². The molecule has 0 N–H and O–H groups in total. The molecule has 0 aromatic rings. The predicted molar refractivity (Wildman–Crippen MR) is 51.1 cm³/mol. The molecule has 3 heteroatoms. The van der Waals surface area contributed by atoms with E-state index in [9.17, 15) is 0 Å². The van der Waals surface area contributed by atoms with Crippen molar-refractivity contribution in [1.29, 1.82) is 0 Å². The molecule has 0 aromatic carbocycles. The minimum atomic E-state index is -1.22. The molecular formula is C7H19OSi2. The van der Waals surface area contributed by atoms with Gasteiger partial charge >= 0.3 is 0 Å². The Morgan fingerprint density at radius 2 is 1.50 bits per heavy atom. The van der Waals surface area contributed by atoms with Crippen molar-refractivity contribution in [3.8, 4) is 0 Å². The molecular weight excluding hydrogens is 156 g/mol. The molecule has 0 heterocycles. The second-order valence-corrected chi connectivity index (χ2v) is 11.0. The van der Waals surface area contributed by atoms with Gasteiger partial charge in [-0.15, -0.1) is 0 Å². The molecule has 0 spiro atoms. The summed E-state index contributed by atoms with van der Waals surface area (Å²) in [5, 5.41) is 0. The van der Waals surface area contributed by atoms with Crippen LogP contribution in [0.2, 0.25) is 31.7 Å². The molecule has 0 rings (SSSR count). The topological polar surface area (TPSA) is 9.23 Å². The highest BCUT2D eigenvalue weighted by Gasteiger charge is 2.19. The Morgan fingerprint density at radius 3 is 1.60 bits per heavy atom. The fourth-order valence-electron chi connectivity index (χ4n) is 0.827. The minimum absolute atomic E-state index is 0.419. The van der Waals surface area contributed by atoms with Crippen molar-refractivity contribution in [2.45, 2.75) is 45.6 Å².